The summed E-state index contributed by atoms with van der Waals surface area (Å²) in [6.45, 7) is 11.4. The van der Waals surface area contributed by atoms with Crippen LogP contribution in [0, 0.1) is 50.7 Å². The minimum absolute atomic E-state index is 0.0109. The van der Waals surface area contributed by atoms with Gasteiger partial charge in [-0.15, -0.1) is 0 Å². The van der Waals surface area contributed by atoms with Crippen LogP contribution >= 0.6 is 0 Å². The summed E-state index contributed by atoms with van der Waals surface area (Å²) in [5.74, 6) is -0.207. The average molecular weight is 485 g/mol. The number of fused-ring (bicyclic) bond motifs is 7. The van der Waals surface area contributed by atoms with Gasteiger partial charge in [-0.25, -0.2) is 0 Å². The van der Waals surface area contributed by atoms with Crippen molar-refractivity contribution >= 4 is 17.5 Å². The summed E-state index contributed by atoms with van der Waals surface area (Å²) >= 11 is 0. The maximum Gasteiger partial charge on any atom is 0.312 e. The van der Waals surface area contributed by atoms with Crippen LogP contribution in [-0.2, 0) is 19.1 Å². The van der Waals surface area contributed by atoms with Crippen molar-refractivity contribution in [3.05, 3.63) is 11.6 Å². The van der Waals surface area contributed by atoms with Crippen molar-refractivity contribution in [1.29, 1.82) is 0 Å². The summed E-state index contributed by atoms with van der Waals surface area (Å²) in [5.41, 5.74) is 0.0893. The Labute approximate surface area is 210 Å². The summed E-state index contributed by atoms with van der Waals surface area (Å²) in [6.07, 6.45) is 9.27. The summed E-state index contributed by atoms with van der Waals surface area (Å²) in [7, 11) is 1.49. The summed E-state index contributed by atoms with van der Waals surface area (Å²) in [6, 6.07) is 0. The maximum absolute atomic E-state index is 14.2. The number of aliphatic hydroxyl groups is 1. The number of allylic oxidation sites excluding steroid dienone is 2. The van der Waals surface area contributed by atoms with Crippen molar-refractivity contribution in [2.75, 3.05) is 13.7 Å². The van der Waals surface area contributed by atoms with E-state index in [1.165, 1.54) is 12.7 Å². The average Bonchev–Trinajstić information content (AvgIpc) is 2.80. The zero-order chi connectivity index (χ0) is 25.6. The fraction of sp³-hybridized carbons (Fsp3) is 0.833. The molecule has 5 rings (SSSR count). The van der Waals surface area contributed by atoms with E-state index in [0.717, 1.165) is 51.4 Å². The van der Waals surface area contributed by atoms with Crippen molar-refractivity contribution < 1.29 is 24.2 Å². The van der Waals surface area contributed by atoms with Crippen LogP contribution < -0.4 is 0 Å². The minimum Gasteiger partial charge on any atom is -0.469 e. The smallest absolute Gasteiger partial charge is 0.312 e. The second-order valence-electron chi connectivity index (χ2n) is 14.1. The quantitative estimate of drug-likeness (QED) is 0.539. The second kappa shape index (κ2) is 7.76. The number of hydrogen-bond acceptors (Lipinski definition) is 5. The van der Waals surface area contributed by atoms with Gasteiger partial charge < -0.3 is 9.84 Å². The predicted octanol–water partition coefficient (Wildman–Crippen LogP) is 5.29. The van der Waals surface area contributed by atoms with E-state index in [2.05, 4.69) is 34.6 Å². The van der Waals surface area contributed by atoms with Gasteiger partial charge in [0.1, 0.15) is 5.78 Å². The van der Waals surface area contributed by atoms with E-state index in [1.807, 2.05) is 6.08 Å². The summed E-state index contributed by atoms with van der Waals surface area (Å²) in [5, 5.41) is 10.1. The van der Waals surface area contributed by atoms with Crippen LogP contribution in [0.15, 0.2) is 11.6 Å². The Morgan fingerprint density at radius 1 is 1.00 bits per heavy atom. The van der Waals surface area contributed by atoms with Gasteiger partial charge in [0.05, 0.1) is 19.1 Å². The Morgan fingerprint density at radius 3 is 2.34 bits per heavy atom. The third-order valence-electron chi connectivity index (χ3n) is 12.3. The van der Waals surface area contributed by atoms with Crippen molar-refractivity contribution in [3.63, 3.8) is 0 Å². The second-order valence-corrected chi connectivity index (χ2v) is 14.1. The first-order valence-corrected chi connectivity index (χ1v) is 13.8. The van der Waals surface area contributed by atoms with Crippen LogP contribution in [0.1, 0.15) is 92.4 Å². The van der Waals surface area contributed by atoms with Gasteiger partial charge >= 0.3 is 5.97 Å². The van der Waals surface area contributed by atoms with E-state index >= 15 is 0 Å². The van der Waals surface area contributed by atoms with E-state index in [1.54, 1.807) is 0 Å². The van der Waals surface area contributed by atoms with Crippen molar-refractivity contribution in [2.45, 2.75) is 92.4 Å². The molecule has 0 heterocycles. The molecule has 4 fully saturated rings. The number of esters is 1. The predicted molar refractivity (Wildman–Crippen MR) is 133 cm³/mol. The van der Waals surface area contributed by atoms with Gasteiger partial charge in [-0.05, 0) is 90.9 Å². The molecule has 1 unspecified atom stereocenters. The molecule has 5 aliphatic carbocycles. The Kier molecular flexibility index (Phi) is 5.58. The van der Waals surface area contributed by atoms with Crippen LogP contribution in [-0.4, -0.2) is 36.4 Å². The zero-order valence-corrected chi connectivity index (χ0v) is 22.5. The molecule has 5 nitrogen and oxygen atoms in total. The van der Waals surface area contributed by atoms with Crippen molar-refractivity contribution in [2.24, 2.45) is 50.7 Å². The third kappa shape index (κ3) is 3.12. The molecule has 0 aromatic carbocycles. The molecule has 0 radical (unpaired) electrons. The molecule has 0 bridgehead atoms. The number of Topliss-reactive ketones (excluding diaryl/α,β-unsaturated/α-hetero) is 1. The summed E-state index contributed by atoms with van der Waals surface area (Å²) < 4.78 is 5.40. The lowest BCUT2D eigenvalue weighted by molar-refractivity contribution is -0.191. The molecule has 194 valence electrons. The monoisotopic (exact) mass is 484 g/mol. The fourth-order valence-corrected chi connectivity index (χ4v) is 10.0. The minimum atomic E-state index is -0.563. The van der Waals surface area contributed by atoms with E-state index in [-0.39, 0.29) is 69.5 Å². The first-order valence-electron chi connectivity index (χ1n) is 13.8. The summed E-state index contributed by atoms with van der Waals surface area (Å²) in [4.78, 5) is 40.2. The molecule has 1 N–H and O–H groups in total. The van der Waals surface area contributed by atoms with Crippen LogP contribution in [0.5, 0.6) is 0 Å². The Balaban J connectivity index is 1.64. The number of hydrogen-bond donors (Lipinski definition) is 1. The first kappa shape index (κ1) is 25.2. The molecule has 35 heavy (non-hydrogen) atoms. The maximum atomic E-state index is 14.2. The van der Waals surface area contributed by atoms with Crippen molar-refractivity contribution in [3.8, 4) is 0 Å². The highest BCUT2D eigenvalue weighted by atomic mass is 16.5. The molecule has 4 saturated carbocycles. The van der Waals surface area contributed by atoms with E-state index in [9.17, 15) is 19.5 Å². The normalized spacial score (nSPS) is 48.6. The van der Waals surface area contributed by atoms with Gasteiger partial charge in [0.15, 0.2) is 5.78 Å². The molecule has 0 saturated heterocycles. The molecule has 0 spiro atoms. The number of ether oxygens (including phenoxy) is 1. The molecule has 8 atom stereocenters. The third-order valence-corrected chi connectivity index (χ3v) is 12.3. The fourth-order valence-electron chi connectivity index (χ4n) is 10.0. The zero-order valence-electron chi connectivity index (χ0n) is 22.5. The molecule has 0 amide bonds. The van der Waals surface area contributed by atoms with Gasteiger partial charge in [0.25, 0.3) is 0 Å². The number of carbonyl (C=O) groups excluding carboxylic acids is 3. The lowest BCUT2D eigenvalue weighted by Crippen LogP contribution is -2.65. The van der Waals surface area contributed by atoms with Gasteiger partial charge in [0.2, 0.25) is 0 Å². The molecule has 5 aliphatic rings. The van der Waals surface area contributed by atoms with Gasteiger partial charge in [-0.3, -0.25) is 14.4 Å². The van der Waals surface area contributed by atoms with Crippen LogP contribution in [0.2, 0.25) is 0 Å². The van der Waals surface area contributed by atoms with E-state index in [0.29, 0.717) is 6.42 Å². The molecule has 5 heteroatoms. The van der Waals surface area contributed by atoms with Crippen molar-refractivity contribution in [1.82, 2.24) is 0 Å². The number of methoxy groups -OCH3 is 1. The highest BCUT2D eigenvalue weighted by molar-refractivity contribution is 5.96. The number of aliphatic hydroxyl groups excluding tert-OH is 1. The Morgan fingerprint density at radius 2 is 1.69 bits per heavy atom. The Hall–Kier alpha value is -1.49. The van der Waals surface area contributed by atoms with E-state index in [4.69, 9.17) is 4.74 Å². The van der Waals surface area contributed by atoms with E-state index < -0.39 is 5.41 Å². The molecular formula is C30H44O5. The largest absolute Gasteiger partial charge is 0.469 e. The number of rotatable bonds is 2. The molecule has 0 aromatic rings. The highest BCUT2D eigenvalue weighted by Gasteiger charge is 2.70. The molecule has 0 aromatic heterocycles. The molecule has 0 aliphatic heterocycles. The highest BCUT2D eigenvalue weighted by Crippen LogP contribution is 2.74. The lowest BCUT2D eigenvalue weighted by atomic mass is 9.34. The van der Waals surface area contributed by atoms with Gasteiger partial charge in [-0.2, -0.15) is 0 Å². The lowest BCUT2D eigenvalue weighted by Gasteiger charge is -2.68. The SMILES string of the molecule is COC(=O)[C@]12CCC(C)(C)C[C@H]1[C@H]1C(=O)C=C3[C@@]4(C)CCC(=O)C(CO)[C@@H]4CC[C@@]3(C)[C@]1(C)CC2. The topological polar surface area (TPSA) is 80.7 Å². The first-order chi connectivity index (χ1) is 16.3. The number of ketones is 2. The van der Waals surface area contributed by atoms with Crippen LogP contribution in [0.25, 0.3) is 0 Å². The Bertz CT molecular complexity index is 995. The molecular weight excluding hydrogens is 440 g/mol. The standard InChI is InChI=1S/C30H44O5/c1-26(2)11-13-30(25(34)35-6)14-12-29(5)24(20(30)16-26)22(33)15-23-27(3)9-8-21(32)18(17-31)19(27)7-10-28(23,29)4/h15,18-20,24,31H,7-14,16-17H2,1-6H3/t18?,19-,20-,24-,27-,28+,29+,30-/m0/s1. The van der Waals surface area contributed by atoms with Gasteiger partial charge in [-0.1, -0.05) is 40.2 Å². The van der Waals surface area contributed by atoms with Gasteiger partial charge in [0, 0.05) is 18.3 Å². The van der Waals surface area contributed by atoms with Crippen LogP contribution in [0.4, 0.5) is 0 Å². The number of carbonyl (C=O) groups is 3. The van der Waals surface area contributed by atoms with Crippen LogP contribution in [0.3, 0.4) is 0 Å².